The van der Waals surface area contributed by atoms with E-state index in [0.717, 1.165) is 48.4 Å². The highest BCUT2D eigenvalue weighted by Gasteiger charge is 2.44. The molecular formula is C36H48N5O3+. The Balaban J connectivity index is 1.56. The average molecular weight is 599 g/mol. The molecule has 3 aromatic carbocycles. The van der Waals surface area contributed by atoms with Crippen molar-refractivity contribution in [2.75, 3.05) is 56.2 Å². The summed E-state index contributed by atoms with van der Waals surface area (Å²) in [5, 5.41) is 25.2. The number of hydrogen-bond donors (Lipinski definition) is 5. The number of nitrogens with one attached hydrogen (secondary N) is 2. The summed E-state index contributed by atoms with van der Waals surface area (Å²) in [7, 11) is 0. The lowest BCUT2D eigenvalue weighted by Crippen LogP contribution is -2.29. The molecule has 4 rings (SSSR count). The first-order chi connectivity index (χ1) is 21.4. The molecule has 0 saturated heterocycles. The highest BCUT2D eigenvalue weighted by molar-refractivity contribution is 6.05. The lowest BCUT2D eigenvalue weighted by molar-refractivity contribution is -0.438. The standard InChI is InChI=1S/C36H47N5O3/c1-36(2)32-27-30(39-29-9-5-3-6-10-29)15-18-33(32)41(22-8-4-7-11-35(44)38-21-20-37)34(36)19-14-28-12-16-31(17-13-28)40(23-25-42)24-26-43/h3,5-6,9-10,12-19,27,39,42-43H,4,7-8,11,20-26,37H2,1-2H3/p+1. The van der Waals surface area contributed by atoms with Crippen LogP contribution in [0.5, 0.6) is 0 Å². The fourth-order valence-corrected chi connectivity index (χ4v) is 5.80. The Morgan fingerprint density at radius 2 is 1.64 bits per heavy atom. The van der Waals surface area contributed by atoms with E-state index in [1.54, 1.807) is 0 Å². The van der Waals surface area contributed by atoms with E-state index in [0.29, 0.717) is 32.6 Å². The molecule has 0 unspecified atom stereocenters. The van der Waals surface area contributed by atoms with Crippen LogP contribution in [0, 0.1) is 0 Å². The second-order valence-electron chi connectivity index (χ2n) is 11.7. The summed E-state index contributed by atoms with van der Waals surface area (Å²) in [6.07, 6.45) is 7.71. The first kappa shape index (κ1) is 32.9. The van der Waals surface area contributed by atoms with E-state index in [1.807, 2.05) is 35.2 Å². The molecule has 8 nitrogen and oxygen atoms in total. The van der Waals surface area contributed by atoms with Crippen LogP contribution >= 0.6 is 0 Å². The van der Waals surface area contributed by atoms with Gasteiger partial charge in [0.2, 0.25) is 11.6 Å². The van der Waals surface area contributed by atoms with Crippen molar-refractivity contribution in [2.24, 2.45) is 5.73 Å². The smallest absolute Gasteiger partial charge is 0.220 e. The van der Waals surface area contributed by atoms with Crippen molar-refractivity contribution in [3.8, 4) is 0 Å². The second kappa shape index (κ2) is 16.2. The van der Waals surface area contributed by atoms with Crippen LogP contribution < -0.4 is 21.3 Å². The van der Waals surface area contributed by atoms with Crippen molar-refractivity contribution in [1.29, 1.82) is 0 Å². The van der Waals surface area contributed by atoms with Crippen LogP contribution in [0.1, 0.15) is 50.7 Å². The predicted octanol–water partition coefficient (Wildman–Crippen LogP) is 4.95. The molecule has 0 atom stereocenters. The molecule has 0 bridgehead atoms. The number of nitrogens with two attached hydrogens (primary N) is 1. The highest BCUT2D eigenvalue weighted by atomic mass is 16.3. The van der Waals surface area contributed by atoms with Gasteiger partial charge in [-0.1, -0.05) is 30.3 Å². The highest BCUT2D eigenvalue weighted by Crippen LogP contribution is 2.42. The first-order valence-electron chi connectivity index (χ1n) is 15.7. The van der Waals surface area contributed by atoms with Gasteiger partial charge in [-0.25, -0.2) is 0 Å². The molecule has 0 radical (unpaired) electrons. The Labute approximate surface area is 261 Å². The first-order valence-corrected chi connectivity index (χ1v) is 15.7. The minimum atomic E-state index is -0.221. The van der Waals surface area contributed by atoms with Gasteiger partial charge < -0.3 is 31.5 Å². The Kier molecular flexibility index (Phi) is 12.1. The molecule has 1 heterocycles. The lowest BCUT2D eigenvalue weighted by Gasteiger charge is -2.22. The van der Waals surface area contributed by atoms with E-state index in [2.05, 4.69) is 83.7 Å². The number of aliphatic hydroxyl groups is 2. The molecule has 234 valence electrons. The number of amides is 1. The van der Waals surface area contributed by atoms with E-state index in [9.17, 15) is 15.0 Å². The summed E-state index contributed by atoms with van der Waals surface area (Å²) in [5.41, 5.74) is 13.2. The number of para-hydroxylation sites is 1. The molecule has 0 spiro atoms. The van der Waals surface area contributed by atoms with Gasteiger partial charge in [0.15, 0.2) is 5.71 Å². The SMILES string of the molecule is CC1(C)C(/C=C/c2ccc(N(CCO)CCO)cc2)=[N+](CCCCCC(=O)NCCN)c2ccc(Nc3ccccc3)cc21. The van der Waals surface area contributed by atoms with Gasteiger partial charge in [-0.05, 0) is 74.7 Å². The second-order valence-corrected chi connectivity index (χ2v) is 11.7. The fraction of sp³-hybridized carbons (Fsp3) is 0.389. The summed E-state index contributed by atoms with van der Waals surface area (Å²) in [4.78, 5) is 14.0. The number of hydrogen-bond acceptors (Lipinski definition) is 6. The van der Waals surface area contributed by atoms with Gasteiger partial charge in [-0.15, -0.1) is 0 Å². The molecule has 1 amide bonds. The molecule has 44 heavy (non-hydrogen) atoms. The van der Waals surface area contributed by atoms with Crippen molar-refractivity contribution >= 4 is 40.4 Å². The van der Waals surface area contributed by atoms with Crippen molar-refractivity contribution < 1.29 is 19.6 Å². The molecule has 8 heteroatoms. The van der Waals surface area contributed by atoms with Crippen LogP contribution in [0.3, 0.4) is 0 Å². The number of unbranched alkanes of at least 4 members (excludes halogenated alkanes) is 2. The zero-order chi connectivity index (χ0) is 31.4. The van der Waals surface area contributed by atoms with Crippen molar-refractivity contribution in [3.63, 3.8) is 0 Å². The van der Waals surface area contributed by atoms with Gasteiger partial charge in [0.25, 0.3) is 0 Å². The summed E-state index contributed by atoms with van der Waals surface area (Å²) in [5.74, 6) is 0.0681. The average Bonchev–Trinajstić information content (AvgIpc) is 3.24. The van der Waals surface area contributed by atoms with Crippen LogP contribution in [0.25, 0.3) is 6.08 Å². The fourth-order valence-electron chi connectivity index (χ4n) is 5.80. The molecule has 0 aromatic heterocycles. The van der Waals surface area contributed by atoms with Gasteiger partial charge in [-0.2, -0.15) is 4.58 Å². The number of allylic oxidation sites excluding steroid dienone is 1. The third kappa shape index (κ3) is 8.56. The third-order valence-electron chi connectivity index (χ3n) is 8.14. The number of anilines is 3. The van der Waals surface area contributed by atoms with Gasteiger partial charge in [0.1, 0.15) is 6.54 Å². The number of carbonyl (C=O) groups excluding carboxylic acids is 1. The number of rotatable bonds is 17. The maximum Gasteiger partial charge on any atom is 0.220 e. The Hall–Kier alpha value is -3.98. The minimum Gasteiger partial charge on any atom is -0.395 e. The monoisotopic (exact) mass is 598 g/mol. The Morgan fingerprint density at radius 1 is 0.909 bits per heavy atom. The molecule has 6 N–H and O–H groups in total. The van der Waals surface area contributed by atoms with E-state index in [4.69, 9.17) is 5.73 Å². The summed E-state index contributed by atoms with van der Waals surface area (Å²) >= 11 is 0. The quantitative estimate of drug-likeness (QED) is 0.111. The summed E-state index contributed by atoms with van der Waals surface area (Å²) in [6, 6.07) is 25.1. The normalized spacial score (nSPS) is 13.8. The van der Waals surface area contributed by atoms with Gasteiger partial charge in [0.05, 0.1) is 18.6 Å². The van der Waals surface area contributed by atoms with E-state index in [1.165, 1.54) is 17.0 Å². The maximum atomic E-state index is 12.0. The molecule has 1 aliphatic rings. The van der Waals surface area contributed by atoms with Crippen LogP contribution in [0.4, 0.5) is 22.7 Å². The topological polar surface area (TPSA) is 114 Å². The zero-order valence-electron chi connectivity index (χ0n) is 26.1. The summed E-state index contributed by atoms with van der Waals surface area (Å²) in [6.45, 7) is 7.45. The molecule has 0 fully saturated rings. The van der Waals surface area contributed by atoms with E-state index < -0.39 is 0 Å². The molecule has 1 aliphatic heterocycles. The number of nitrogens with zero attached hydrogens (tertiary/aromatic N) is 2. The molecule has 0 aliphatic carbocycles. The predicted molar refractivity (Wildman–Crippen MR) is 181 cm³/mol. The van der Waals surface area contributed by atoms with Crippen LogP contribution in [-0.4, -0.2) is 72.3 Å². The van der Waals surface area contributed by atoms with Crippen molar-refractivity contribution in [2.45, 2.75) is 44.9 Å². The van der Waals surface area contributed by atoms with Gasteiger partial charge >= 0.3 is 0 Å². The third-order valence-corrected chi connectivity index (χ3v) is 8.14. The van der Waals surface area contributed by atoms with Gasteiger partial charge in [0, 0.05) is 73.8 Å². The van der Waals surface area contributed by atoms with E-state index in [-0.39, 0.29) is 24.5 Å². The number of fused-ring (bicyclic) bond motifs is 1. The summed E-state index contributed by atoms with van der Waals surface area (Å²) < 4.78 is 2.44. The molecule has 3 aromatic rings. The number of carbonyl (C=O) groups is 1. The van der Waals surface area contributed by atoms with Crippen LogP contribution in [-0.2, 0) is 10.2 Å². The Bertz CT molecular complexity index is 1410. The minimum absolute atomic E-state index is 0.0372. The van der Waals surface area contributed by atoms with Crippen LogP contribution in [0.15, 0.2) is 78.9 Å². The largest absolute Gasteiger partial charge is 0.395 e. The molecular weight excluding hydrogens is 550 g/mol. The van der Waals surface area contributed by atoms with Crippen LogP contribution in [0.2, 0.25) is 0 Å². The lowest BCUT2D eigenvalue weighted by atomic mass is 9.81. The number of aliphatic hydroxyl groups excluding tert-OH is 2. The number of benzene rings is 3. The zero-order valence-corrected chi connectivity index (χ0v) is 26.1. The van der Waals surface area contributed by atoms with E-state index >= 15 is 0 Å². The molecule has 0 saturated carbocycles. The maximum absolute atomic E-state index is 12.0. The van der Waals surface area contributed by atoms with Crippen molar-refractivity contribution in [3.05, 3.63) is 90.0 Å². The van der Waals surface area contributed by atoms with Crippen molar-refractivity contribution in [1.82, 2.24) is 5.32 Å². The van der Waals surface area contributed by atoms with Gasteiger partial charge in [-0.3, -0.25) is 4.79 Å². The Morgan fingerprint density at radius 3 is 2.32 bits per heavy atom.